The van der Waals surface area contributed by atoms with E-state index in [0.29, 0.717) is 22.6 Å². The Morgan fingerprint density at radius 1 is 1.31 bits per heavy atom. The molecule has 0 bridgehead atoms. The molecule has 1 fully saturated rings. The standard InChI is InChI=1S/C19H23BrCl2N2O5/c1-2-3-4-7-28-17(26)10-15-19(27)23-5-6-24(15)16(25)11-29-18-13(20)8-12(21)9-14(18)22/h8-9,15H,2-7,10-11H2,1H3,(H,23,27). The number of nitrogens with one attached hydrogen (secondary N) is 1. The van der Waals surface area contributed by atoms with Gasteiger partial charge in [0.2, 0.25) is 5.91 Å². The second-order valence-electron chi connectivity index (χ2n) is 6.51. The highest BCUT2D eigenvalue weighted by molar-refractivity contribution is 9.10. The molecule has 1 heterocycles. The number of piperazine rings is 1. The van der Waals surface area contributed by atoms with Crippen molar-refractivity contribution in [2.24, 2.45) is 0 Å². The van der Waals surface area contributed by atoms with Crippen LogP contribution in [0.1, 0.15) is 32.6 Å². The second kappa shape index (κ2) is 11.6. The molecule has 1 atom stereocenters. The van der Waals surface area contributed by atoms with Crippen LogP contribution < -0.4 is 10.1 Å². The number of carbonyl (C=O) groups is 3. The van der Waals surface area contributed by atoms with Crippen molar-refractivity contribution in [3.05, 3.63) is 26.7 Å². The van der Waals surface area contributed by atoms with E-state index >= 15 is 0 Å². The summed E-state index contributed by atoms with van der Waals surface area (Å²) in [7, 11) is 0. The monoisotopic (exact) mass is 508 g/mol. The summed E-state index contributed by atoms with van der Waals surface area (Å²) in [5, 5.41) is 3.34. The van der Waals surface area contributed by atoms with E-state index in [1.165, 1.54) is 11.0 Å². The average Bonchev–Trinajstić information content (AvgIpc) is 2.65. The third-order valence-corrected chi connectivity index (χ3v) is 5.41. The van der Waals surface area contributed by atoms with Crippen molar-refractivity contribution in [2.75, 3.05) is 26.3 Å². The van der Waals surface area contributed by atoms with Gasteiger partial charge in [0, 0.05) is 18.1 Å². The lowest BCUT2D eigenvalue weighted by molar-refractivity contribution is -0.152. The third kappa shape index (κ3) is 7.04. The van der Waals surface area contributed by atoms with Gasteiger partial charge in [0.05, 0.1) is 22.5 Å². The van der Waals surface area contributed by atoms with Gasteiger partial charge in [0.25, 0.3) is 5.91 Å². The molecular weight excluding hydrogens is 487 g/mol. The van der Waals surface area contributed by atoms with Gasteiger partial charge in [0.15, 0.2) is 12.4 Å². The first-order valence-corrected chi connectivity index (χ1v) is 10.9. The molecule has 1 aromatic carbocycles. The topological polar surface area (TPSA) is 84.9 Å². The summed E-state index contributed by atoms with van der Waals surface area (Å²) in [5.41, 5.74) is 0. The summed E-state index contributed by atoms with van der Waals surface area (Å²) in [6.45, 7) is 2.60. The SMILES string of the molecule is CCCCCOC(=O)CC1C(=O)NCCN1C(=O)COc1c(Cl)cc(Cl)cc1Br. The van der Waals surface area contributed by atoms with Crippen LogP contribution in [-0.4, -0.2) is 55.0 Å². The number of halogens is 3. The van der Waals surface area contributed by atoms with Crippen molar-refractivity contribution in [1.82, 2.24) is 10.2 Å². The molecule has 0 aliphatic carbocycles. The lowest BCUT2D eigenvalue weighted by atomic mass is 10.1. The minimum absolute atomic E-state index is 0.199. The maximum absolute atomic E-state index is 12.7. The smallest absolute Gasteiger partial charge is 0.308 e. The van der Waals surface area contributed by atoms with Crippen molar-refractivity contribution in [3.8, 4) is 5.75 Å². The molecule has 0 saturated carbocycles. The van der Waals surface area contributed by atoms with Gasteiger partial charge in [-0.2, -0.15) is 0 Å². The summed E-state index contributed by atoms with van der Waals surface area (Å²) in [5.74, 6) is -1.05. The van der Waals surface area contributed by atoms with Gasteiger partial charge >= 0.3 is 5.97 Å². The summed E-state index contributed by atoms with van der Waals surface area (Å²) >= 11 is 15.3. The number of carbonyl (C=O) groups excluding carboxylic acids is 3. The predicted molar refractivity (Wildman–Crippen MR) is 113 cm³/mol. The second-order valence-corrected chi connectivity index (χ2v) is 8.21. The Kier molecular flexibility index (Phi) is 9.52. The van der Waals surface area contributed by atoms with Crippen LogP contribution >= 0.6 is 39.1 Å². The first-order chi connectivity index (χ1) is 13.8. The minimum Gasteiger partial charge on any atom is -0.481 e. The molecule has 1 N–H and O–H groups in total. The molecule has 0 radical (unpaired) electrons. The maximum Gasteiger partial charge on any atom is 0.308 e. The molecule has 0 spiro atoms. The van der Waals surface area contributed by atoms with E-state index in [9.17, 15) is 14.4 Å². The van der Waals surface area contributed by atoms with Crippen molar-refractivity contribution in [1.29, 1.82) is 0 Å². The van der Waals surface area contributed by atoms with Gasteiger partial charge in [-0.25, -0.2) is 0 Å². The number of hydrogen-bond donors (Lipinski definition) is 1. The summed E-state index contributed by atoms with van der Waals surface area (Å²) in [6, 6.07) is 2.17. The zero-order valence-corrected chi connectivity index (χ0v) is 19.1. The van der Waals surface area contributed by atoms with Gasteiger partial charge in [-0.05, 0) is 34.5 Å². The summed E-state index contributed by atoms with van der Waals surface area (Å²) in [6.07, 6.45) is 2.54. The molecule has 7 nitrogen and oxygen atoms in total. The highest BCUT2D eigenvalue weighted by atomic mass is 79.9. The first-order valence-electron chi connectivity index (χ1n) is 9.33. The van der Waals surface area contributed by atoms with Crippen molar-refractivity contribution in [3.63, 3.8) is 0 Å². The van der Waals surface area contributed by atoms with E-state index in [0.717, 1.165) is 19.3 Å². The zero-order valence-electron chi connectivity index (χ0n) is 16.0. The van der Waals surface area contributed by atoms with Gasteiger partial charge in [-0.15, -0.1) is 0 Å². The van der Waals surface area contributed by atoms with E-state index in [-0.39, 0.29) is 36.3 Å². The highest BCUT2D eigenvalue weighted by Gasteiger charge is 2.35. The first kappa shape index (κ1) is 23.8. The Morgan fingerprint density at radius 2 is 2.07 bits per heavy atom. The van der Waals surface area contributed by atoms with E-state index in [2.05, 4.69) is 28.2 Å². The van der Waals surface area contributed by atoms with Crippen LogP contribution in [0.15, 0.2) is 16.6 Å². The average molecular weight is 510 g/mol. The Labute approximate surface area is 188 Å². The molecule has 1 saturated heterocycles. The van der Waals surface area contributed by atoms with Crippen LogP contribution in [0.5, 0.6) is 5.75 Å². The largest absolute Gasteiger partial charge is 0.481 e. The van der Waals surface area contributed by atoms with Crippen molar-refractivity contribution >= 4 is 56.9 Å². The molecule has 1 aromatic rings. The van der Waals surface area contributed by atoms with Crippen LogP contribution in [0.2, 0.25) is 10.0 Å². The number of benzene rings is 1. The molecule has 160 valence electrons. The molecule has 2 rings (SSSR count). The highest BCUT2D eigenvalue weighted by Crippen LogP contribution is 2.36. The zero-order chi connectivity index (χ0) is 21.4. The van der Waals surface area contributed by atoms with Crippen LogP contribution in [0.3, 0.4) is 0 Å². The van der Waals surface area contributed by atoms with Gasteiger partial charge in [0.1, 0.15) is 6.04 Å². The molecule has 29 heavy (non-hydrogen) atoms. The van der Waals surface area contributed by atoms with Gasteiger partial charge in [-0.3, -0.25) is 14.4 Å². The normalized spacial score (nSPS) is 16.3. The number of esters is 1. The van der Waals surface area contributed by atoms with E-state index in [1.807, 2.05) is 0 Å². The number of amides is 2. The Bertz CT molecular complexity index is 739. The van der Waals surface area contributed by atoms with Crippen LogP contribution in [0.25, 0.3) is 0 Å². The number of hydrogen-bond acceptors (Lipinski definition) is 5. The molecule has 10 heteroatoms. The van der Waals surface area contributed by atoms with Crippen LogP contribution in [0, 0.1) is 0 Å². The van der Waals surface area contributed by atoms with Crippen LogP contribution in [-0.2, 0) is 19.1 Å². The van der Waals surface area contributed by atoms with E-state index in [4.69, 9.17) is 32.7 Å². The van der Waals surface area contributed by atoms with Gasteiger partial charge < -0.3 is 19.7 Å². The Balaban J connectivity index is 1.97. The Morgan fingerprint density at radius 3 is 2.76 bits per heavy atom. The molecule has 1 unspecified atom stereocenters. The predicted octanol–water partition coefficient (Wildman–Crippen LogP) is 3.59. The fourth-order valence-corrected chi connectivity index (χ4v) is 4.22. The lowest BCUT2D eigenvalue weighted by Gasteiger charge is -2.34. The maximum atomic E-state index is 12.7. The van der Waals surface area contributed by atoms with Gasteiger partial charge in [-0.1, -0.05) is 43.0 Å². The van der Waals surface area contributed by atoms with Crippen molar-refractivity contribution < 1.29 is 23.9 Å². The third-order valence-electron chi connectivity index (χ3n) is 4.33. The molecule has 2 amide bonds. The fourth-order valence-electron chi connectivity index (χ4n) is 2.85. The number of rotatable bonds is 9. The lowest BCUT2D eigenvalue weighted by Crippen LogP contribution is -2.58. The quantitative estimate of drug-likeness (QED) is 0.406. The fraction of sp³-hybridized carbons (Fsp3) is 0.526. The number of nitrogens with zero attached hydrogens (tertiary/aromatic N) is 1. The number of ether oxygens (including phenoxy) is 2. The van der Waals surface area contributed by atoms with E-state index in [1.54, 1.807) is 6.07 Å². The van der Waals surface area contributed by atoms with Crippen LogP contribution in [0.4, 0.5) is 0 Å². The molecule has 1 aliphatic heterocycles. The molecular formula is C19H23BrCl2N2O5. The molecule has 1 aliphatic rings. The minimum atomic E-state index is -0.928. The number of unbranched alkanes of at least 4 members (excludes halogenated alkanes) is 2. The van der Waals surface area contributed by atoms with Crippen molar-refractivity contribution in [2.45, 2.75) is 38.6 Å². The molecule has 0 aromatic heterocycles. The Hall–Kier alpha value is -1.51. The summed E-state index contributed by atoms with van der Waals surface area (Å²) in [4.78, 5) is 38.3. The summed E-state index contributed by atoms with van der Waals surface area (Å²) < 4.78 is 11.2. The van der Waals surface area contributed by atoms with E-state index < -0.39 is 17.9 Å².